The van der Waals surface area contributed by atoms with E-state index in [1.54, 1.807) is 6.07 Å². The molecule has 29 heavy (non-hydrogen) atoms. The summed E-state index contributed by atoms with van der Waals surface area (Å²) in [6, 6.07) is 5.38. The van der Waals surface area contributed by atoms with Crippen LogP contribution in [-0.4, -0.2) is 5.78 Å². The van der Waals surface area contributed by atoms with Gasteiger partial charge in [-0.1, -0.05) is 64.2 Å². The van der Waals surface area contributed by atoms with Gasteiger partial charge in [-0.3, -0.25) is 4.79 Å². The van der Waals surface area contributed by atoms with Gasteiger partial charge in [0.15, 0.2) is 5.78 Å². The zero-order valence-corrected chi connectivity index (χ0v) is 18.5. The molecule has 0 N–H and O–H groups in total. The van der Waals surface area contributed by atoms with Crippen LogP contribution in [0.2, 0.25) is 0 Å². The molecular weight excluding hydrogens is 359 g/mol. The SMILES string of the molecule is CCCCc1ccc(CC(=O)C2=CCC(C3CCC(CCC)CC3)CC2)cc1F. The lowest BCUT2D eigenvalue weighted by atomic mass is 9.70. The number of carbonyl (C=O) groups is 1. The van der Waals surface area contributed by atoms with Gasteiger partial charge in [0.1, 0.15) is 5.82 Å². The number of Topliss-reactive ketones (excluding diaryl/α,β-unsaturated/α-hetero) is 1. The monoisotopic (exact) mass is 398 g/mol. The van der Waals surface area contributed by atoms with E-state index in [0.29, 0.717) is 6.42 Å². The lowest BCUT2D eigenvalue weighted by Crippen LogP contribution is -2.24. The van der Waals surface area contributed by atoms with Crippen LogP contribution < -0.4 is 0 Å². The quantitative estimate of drug-likeness (QED) is 0.418. The molecule has 160 valence electrons. The van der Waals surface area contributed by atoms with Crippen LogP contribution in [0.5, 0.6) is 0 Å². The summed E-state index contributed by atoms with van der Waals surface area (Å²) in [4.78, 5) is 12.7. The number of benzene rings is 1. The molecule has 0 bridgehead atoms. The molecule has 0 spiro atoms. The summed E-state index contributed by atoms with van der Waals surface area (Å²) in [5, 5.41) is 0. The van der Waals surface area contributed by atoms with Crippen molar-refractivity contribution in [2.24, 2.45) is 17.8 Å². The zero-order chi connectivity index (χ0) is 20.6. The summed E-state index contributed by atoms with van der Waals surface area (Å²) < 4.78 is 14.3. The molecule has 1 aromatic carbocycles. The maximum absolute atomic E-state index is 14.3. The highest BCUT2D eigenvalue weighted by Crippen LogP contribution is 2.40. The minimum Gasteiger partial charge on any atom is -0.294 e. The Labute approximate surface area is 177 Å². The standard InChI is InChI=1S/C27H39FO/c1-3-5-7-24-13-10-21(18-26(24)28)19-27(29)25-16-14-23(15-17-25)22-11-8-20(6-4-2)9-12-22/h10,13,16,18,20,22-23H,3-9,11-12,14-15,17,19H2,1-2H3. The van der Waals surface area contributed by atoms with E-state index in [9.17, 15) is 9.18 Å². The molecule has 0 aliphatic heterocycles. The maximum atomic E-state index is 14.3. The summed E-state index contributed by atoms with van der Waals surface area (Å²) in [6.45, 7) is 4.41. The Morgan fingerprint density at radius 1 is 1.03 bits per heavy atom. The second-order valence-electron chi connectivity index (χ2n) is 9.46. The summed E-state index contributed by atoms with van der Waals surface area (Å²) in [5.41, 5.74) is 2.57. The van der Waals surface area contributed by atoms with Crippen LogP contribution in [0.1, 0.15) is 95.6 Å². The molecule has 1 fully saturated rings. The van der Waals surface area contributed by atoms with Crippen LogP contribution in [0.4, 0.5) is 4.39 Å². The van der Waals surface area contributed by atoms with Gasteiger partial charge in [0.2, 0.25) is 0 Å². The number of allylic oxidation sites excluding steroid dienone is 2. The molecule has 0 heterocycles. The van der Waals surface area contributed by atoms with Crippen LogP contribution in [0.15, 0.2) is 29.8 Å². The van der Waals surface area contributed by atoms with E-state index in [-0.39, 0.29) is 11.6 Å². The predicted octanol–water partition coefficient (Wildman–Crippen LogP) is 7.61. The lowest BCUT2D eigenvalue weighted by Gasteiger charge is -2.35. The molecule has 1 unspecified atom stereocenters. The largest absolute Gasteiger partial charge is 0.294 e. The Balaban J connectivity index is 1.49. The van der Waals surface area contributed by atoms with E-state index in [2.05, 4.69) is 19.9 Å². The van der Waals surface area contributed by atoms with Crippen molar-refractivity contribution < 1.29 is 9.18 Å². The number of unbranched alkanes of at least 4 members (excludes halogenated alkanes) is 1. The summed E-state index contributed by atoms with van der Waals surface area (Å²) in [5.74, 6) is 2.63. The van der Waals surface area contributed by atoms with Crippen molar-refractivity contribution in [3.63, 3.8) is 0 Å². The minimum absolute atomic E-state index is 0.153. The number of halogens is 1. The minimum atomic E-state index is -0.153. The zero-order valence-electron chi connectivity index (χ0n) is 18.5. The molecule has 0 aromatic heterocycles. The normalized spacial score (nSPS) is 24.9. The van der Waals surface area contributed by atoms with Gasteiger partial charge in [-0.15, -0.1) is 0 Å². The van der Waals surface area contributed by atoms with Gasteiger partial charge < -0.3 is 0 Å². The maximum Gasteiger partial charge on any atom is 0.162 e. The van der Waals surface area contributed by atoms with E-state index >= 15 is 0 Å². The smallest absolute Gasteiger partial charge is 0.162 e. The number of hydrogen-bond acceptors (Lipinski definition) is 1. The third-order valence-corrected chi connectivity index (χ3v) is 7.35. The van der Waals surface area contributed by atoms with Crippen LogP contribution in [0, 0.1) is 23.6 Å². The van der Waals surface area contributed by atoms with Gasteiger partial charge in [0.25, 0.3) is 0 Å². The van der Waals surface area contributed by atoms with E-state index < -0.39 is 0 Å². The molecule has 1 aromatic rings. The van der Waals surface area contributed by atoms with Crippen LogP contribution >= 0.6 is 0 Å². The number of ketones is 1. The Morgan fingerprint density at radius 3 is 2.45 bits per heavy atom. The topological polar surface area (TPSA) is 17.1 Å². The molecule has 0 saturated heterocycles. The van der Waals surface area contributed by atoms with Gasteiger partial charge in [-0.05, 0) is 85.5 Å². The first-order valence-corrected chi connectivity index (χ1v) is 12.1. The fourth-order valence-corrected chi connectivity index (χ4v) is 5.46. The number of aryl methyl sites for hydroxylation is 1. The molecule has 2 aliphatic rings. The summed E-state index contributed by atoms with van der Waals surface area (Å²) in [6.07, 6.45) is 16.8. The number of hydrogen-bond donors (Lipinski definition) is 0. The van der Waals surface area contributed by atoms with Crippen molar-refractivity contribution in [1.29, 1.82) is 0 Å². The summed E-state index contributed by atoms with van der Waals surface area (Å²) >= 11 is 0. The molecule has 1 nitrogen and oxygen atoms in total. The van der Waals surface area contributed by atoms with Crippen molar-refractivity contribution in [3.05, 3.63) is 46.8 Å². The average molecular weight is 399 g/mol. The highest BCUT2D eigenvalue weighted by Gasteiger charge is 2.29. The van der Waals surface area contributed by atoms with E-state index in [1.807, 2.05) is 12.1 Å². The first-order chi connectivity index (χ1) is 14.1. The van der Waals surface area contributed by atoms with E-state index in [1.165, 1.54) is 38.5 Å². The van der Waals surface area contributed by atoms with Crippen molar-refractivity contribution in [3.8, 4) is 0 Å². The van der Waals surface area contributed by atoms with Gasteiger partial charge in [-0.2, -0.15) is 0 Å². The lowest BCUT2D eigenvalue weighted by molar-refractivity contribution is -0.115. The molecule has 3 rings (SSSR count). The molecule has 1 atom stereocenters. The van der Waals surface area contributed by atoms with Crippen molar-refractivity contribution in [2.45, 2.75) is 97.3 Å². The van der Waals surface area contributed by atoms with Gasteiger partial charge >= 0.3 is 0 Å². The number of carbonyl (C=O) groups excluding carboxylic acids is 1. The Bertz CT molecular complexity index is 696. The first-order valence-electron chi connectivity index (χ1n) is 12.1. The fraction of sp³-hybridized carbons (Fsp3) is 0.667. The Morgan fingerprint density at radius 2 is 1.83 bits per heavy atom. The molecule has 0 amide bonds. The van der Waals surface area contributed by atoms with Crippen molar-refractivity contribution >= 4 is 5.78 Å². The van der Waals surface area contributed by atoms with E-state index in [0.717, 1.165) is 73.0 Å². The van der Waals surface area contributed by atoms with Crippen molar-refractivity contribution in [1.82, 2.24) is 0 Å². The summed E-state index contributed by atoms with van der Waals surface area (Å²) in [7, 11) is 0. The fourth-order valence-electron chi connectivity index (χ4n) is 5.46. The van der Waals surface area contributed by atoms with Gasteiger partial charge in [0.05, 0.1) is 0 Å². The highest BCUT2D eigenvalue weighted by molar-refractivity contribution is 5.96. The van der Waals surface area contributed by atoms with E-state index in [4.69, 9.17) is 0 Å². The molecule has 0 radical (unpaired) electrons. The third-order valence-electron chi connectivity index (χ3n) is 7.35. The van der Waals surface area contributed by atoms with Crippen LogP contribution in [0.25, 0.3) is 0 Å². The molecular formula is C27H39FO. The Kier molecular flexibility index (Phi) is 8.51. The predicted molar refractivity (Wildman–Crippen MR) is 120 cm³/mol. The average Bonchev–Trinajstić information content (AvgIpc) is 2.74. The van der Waals surface area contributed by atoms with Crippen LogP contribution in [-0.2, 0) is 17.6 Å². The molecule has 1 saturated carbocycles. The Hall–Kier alpha value is -1.44. The molecule has 2 aliphatic carbocycles. The second kappa shape index (κ2) is 11.1. The molecule has 2 heteroatoms. The van der Waals surface area contributed by atoms with Crippen LogP contribution in [0.3, 0.4) is 0 Å². The highest BCUT2D eigenvalue weighted by atomic mass is 19.1. The van der Waals surface area contributed by atoms with Gasteiger partial charge in [0, 0.05) is 6.42 Å². The second-order valence-corrected chi connectivity index (χ2v) is 9.46. The first kappa shape index (κ1) is 22.2. The third kappa shape index (κ3) is 6.27. The van der Waals surface area contributed by atoms with Crippen molar-refractivity contribution in [2.75, 3.05) is 0 Å². The number of rotatable bonds is 9. The van der Waals surface area contributed by atoms with Gasteiger partial charge in [-0.25, -0.2) is 4.39 Å².